The van der Waals surface area contributed by atoms with Crippen molar-refractivity contribution < 1.29 is 19.0 Å². The zero-order valence-corrected chi connectivity index (χ0v) is 16.1. The molecule has 1 atom stereocenters. The fraction of sp³-hybridized carbons (Fsp3) is 0.381. The van der Waals surface area contributed by atoms with Crippen LogP contribution in [0.2, 0.25) is 0 Å². The Morgan fingerprint density at radius 2 is 2.07 bits per heavy atom. The zero-order valence-electron chi connectivity index (χ0n) is 16.1. The highest BCUT2D eigenvalue weighted by molar-refractivity contribution is 5.97. The first-order valence-corrected chi connectivity index (χ1v) is 9.07. The van der Waals surface area contributed by atoms with E-state index in [9.17, 15) is 4.79 Å². The maximum Gasteiger partial charge on any atom is 0.246 e. The predicted octanol–water partition coefficient (Wildman–Crippen LogP) is 3.21. The van der Waals surface area contributed by atoms with Crippen molar-refractivity contribution in [3.8, 4) is 17.2 Å². The summed E-state index contributed by atoms with van der Waals surface area (Å²) in [5, 5.41) is 3.09. The van der Waals surface area contributed by atoms with Crippen LogP contribution in [0.25, 0.3) is 0 Å². The lowest BCUT2D eigenvalue weighted by molar-refractivity contribution is -0.121. The van der Waals surface area contributed by atoms with Gasteiger partial charge in [-0.25, -0.2) is 0 Å². The Bertz CT molecular complexity index is 910. The third-order valence-corrected chi connectivity index (χ3v) is 5.28. The molecule has 0 radical (unpaired) electrons. The van der Waals surface area contributed by atoms with E-state index in [0.29, 0.717) is 17.2 Å². The molecule has 27 heavy (non-hydrogen) atoms. The number of benzene rings is 2. The highest BCUT2D eigenvalue weighted by Crippen LogP contribution is 2.49. The Morgan fingerprint density at radius 1 is 1.26 bits per heavy atom. The summed E-state index contributed by atoms with van der Waals surface area (Å²) >= 11 is 0. The SMILES string of the molecule is COc1c2c(cc3c1C(C(=O)Nc1ccc(C)cc1C)N(C)CC3)OCO2. The molecule has 2 aromatic rings. The number of hydrogen-bond donors (Lipinski definition) is 1. The van der Waals surface area contributed by atoms with Gasteiger partial charge < -0.3 is 19.5 Å². The highest BCUT2D eigenvalue weighted by atomic mass is 16.7. The lowest BCUT2D eigenvalue weighted by Crippen LogP contribution is -2.40. The first-order chi connectivity index (χ1) is 13.0. The molecule has 6 heteroatoms. The number of carbonyl (C=O) groups is 1. The number of carbonyl (C=O) groups excluding carboxylic acids is 1. The van der Waals surface area contributed by atoms with Crippen molar-refractivity contribution in [3.05, 3.63) is 46.5 Å². The number of ether oxygens (including phenoxy) is 3. The summed E-state index contributed by atoms with van der Waals surface area (Å²) in [5.41, 5.74) is 4.96. The zero-order chi connectivity index (χ0) is 19.1. The Morgan fingerprint density at radius 3 is 2.81 bits per heavy atom. The van der Waals surface area contributed by atoms with Gasteiger partial charge in [-0.15, -0.1) is 0 Å². The molecule has 0 aromatic heterocycles. The quantitative estimate of drug-likeness (QED) is 0.902. The average molecular weight is 368 g/mol. The summed E-state index contributed by atoms with van der Waals surface area (Å²) in [6, 6.07) is 7.53. The molecule has 142 valence electrons. The van der Waals surface area contributed by atoms with Crippen molar-refractivity contribution in [1.29, 1.82) is 0 Å². The smallest absolute Gasteiger partial charge is 0.246 e. The molecule has 0 saturated carbocycles. The summed E-state index contributed by atoms with van der Waals surface area (Å²) in [4.78, 5) is 15.3. The summed E-state index contributed by atoms with van der Waals surface area (Å²) < 4.78 is 16.8. The molecule has 0 aliphatic carbocycles. The van der Waals surface area contributed by atoms with Crippen LogP contribution in [0.1, 0.15) is 28.3 Å². The maximum atomic E-state index is 13.3. The first-order valence-electron chi connectivity index (χ1n) is 9.07. The molecule has 0 spiro atoms. The highest BCUT2D eigenvalue weighted by Gasteiger charge is 2.37. The van der Waals surface area contributed by atoms with E-state index in [4.69, 9.17) is 14.2 Å². The minimum atomic E-state index is -0.459. The number of nitrogens with one attached hydrogen (secondary N) is 1. The van der Waals surface area contributed by atoms with Crippen LogP contribution in [0.15, 0.2) is 24.3 Å². The van der Waals surface area contributed by atoms with Crippen LogP contribution < -0.4 is 19.5 Å². The predicted molar refractivity (Wildman–Crippen MR) is 103 cm³/mol. The van der Waals surface area contributed by atoms with E-state index in [1.165, 1.54) is 5.56 Å². The van der Waals surface area contributed by atoms with Crippen LogP contribution in [-0.2, 0) is 11.2 Å². The van der Waals surface area contributed by atoms with Gasteiger partial charge in [0.1, 0.15) is 6.04 Å². The van der Waals surface area contributed by atoms with Gasteiger partial charge in [0.15, 0.2) is 11.5 Å². The largest absolute Gasteiger partial charge is 0.492 e. The van der Waals surface area contributed by atoms with Gasteiger partial charge in [-0.1, -0.05) is 17.7 Å². The van der Waals surface area contributed by atoms with Gasteiger partial charge in [0.2, 0.25) is 18.4 Å². The molecule has 0 bridgehead atoms. The molecule has 2 aliphatic heterocycles. The number of nitrogens with zero attached hydrogens (tertiary/aromatic N) is 1. The Kier molecular flexibility index (Phi) is 4.44. The number of aryl methyl sites for hydroxylation is 2. The third kappa shape index (κ3) is 3.00. The third-order valence-electron chi connectivity index (χ3n) is 5.28. The van der Waals surface area contributed by atoms with Gasteiger partial charge in [-0.3, -0.25) is 9.69 Å². The van der Waals surface area contributed by atoms with Gasteiger partial charge in [0.25, 0.3) is 0 Å². The molecule has 1 unspecified atom stereocenters. The van der Waals surface area contributed by atoms with Gasteiger partial charge in [-0.05, 0) is 50.6 Å². The average Bonchev–Trinajstić information content (AvgIpc) is 3.10. The van der Waals surface area contributed by atoms with Crippen LogP contribution in [-0.4, -0.2) is 38.3 Å². The Labute approximate surface area is 159 Å². The second kappa shape index (κ2) is 6.78. The van der Waals surface area contributed by atoms with Crippen molar-refractivity contribution >= 4 is 11.6 Å². The van der Waals surface area contributed by atoms with Crippen LogP contribution in [0.4, 0.5) is 5.69 Å². The van der Waals surface area contributed by atoms with Gasteiger partial charge in [-0.2, -0.15) is 0 Å². The van der Waals surface area contributed by atoms with E-state index in [0.717, 1.165) is 35.3 Å². The Hall–Kier alpha value is -2.73. The minimum Gasteiger partial charge on any atom is -0.492 e. The van der Waals surface area contributed by atoms with Gasteiger partial charge in [0.05, 0.1) is 7.11 Å². The standard InChI is InChI=1S/C21H24N2O4/c1-12-5-6-15(13(2)9-12)22-21(24)18-17-14(7-8-23(18)3)10-16-19(20(17)25-4)27-11-26-16/h5-6,9-10,18H,7-8,11H2,1-4H3,(H,22,24). The number of fused-ring (bicyclic) bond motifs is 2. The van der Waals surface area contributed by atoms with Gasteiger partial charge >= 0.3 is 0 Å². The summed E-state index contributed by atoms with van der Waals surface area (Å²) in [5.74, 6) is 1.77. The molecule has 2 heterocycles. The molecule has 1 amide bonds. The second-order valence-electron chi connectivity index (χ2n) is 7.16. The second-order valence-corrected chi connectivity index (χ2v) is 7.16. The number of rotatable bonds is 3. The topological polar surface area (TPSA) is 60.0 Å². The molecule has 2 aromatic carbocycles. The molecule has 0 saturated heterocycles. The van der Waals surface area contributed by atoms with Crippen LogP contribution in [0.5, 0.6) is 17.2 Å². The number of methoxy groups -OCH3 is 1. The maximum absolute atomic E-state index is 13.3. The molecular formula is C21H24N2O4. The lowest BCUT2D eigenvalue weighted by Gasteiger charge is -2.34. The van der Waals surface area contributed by atoms with Crippen LogP contribution >= 0.6 is 0 Å². The fourth-order valence-corrected chi connectivity index (χ4v) is 3.92. The fourth-order valence-electron chi connectivity index (χ4n) is 3.92. The van der Waals surface area contributed by atoms with E-state index in [1.807, 2.05) is 44.0 Å². The molecular weight excluding hydrogens is 344 g/mol. The van der Waals surface area contributed by atoms with Crippen molar-refractivity contribution in [2.45, 2.75) is 26.3 Å². The van der Waals surface area contributed by atoms with E-state index < -0.39 is 6.04 Å². The van der Waals surface area contributed by atoms with Crippen LogP contribution in [0.3, 0.4) is 0 Å². The van der Waals surface area contributed by atoms with Crippen molar-refractivity contribution in [2.24, 2.45) is 0 Å². The lowest BCUT2D eigenvalue weighted by atomic mass is 9.90. The van der Waals surface area contributed by atoms with E-state index in [2.05, 4.69) is 11.4 Å². The monoisotopic (exact) mass is 368 g/mol. The molecule has 0 fully saturated rings. The minimum absolute atomic E-state index is 0.0810. The molecule has 4 rings (SSSR count). The summed E-state index contributed by atoms with van der Waals surface area (Å²) in [6.45, 7) is 4.99. The van der Waals surface area contributed by atoms with Gasteiger partial charge in [0, 0.05) is 17.8 Å². The Balaban J connectivity index is 1.74. The van der Waals surface area contributed by atoms with Crippen molar-refractivity contribution in [3.63, 3.8) is 0 Å². The van der Waals surface area contributed by atoms with Crippen molar-refractivity contribution in [1.82, 2.24) is 4.90 Å². The summed E-state index contributed by atoms with van der Waals surface area (Å²) in [6.07, 6.45) is 0.826. The first kappa shape index (κ1) is 17.7. The van der Waals surface area contributed by atoms with E-state index in [1.54, 1.807) is 7.11 Å². The number of amides is 1. The normalized spacial score (nSPS) is 18.1. The number of hydrogen-bond acceptors (Lipinski definition) is 5. The molecule has 1 N–H and O–H groups in total. The number of likely N-dealkylation sites (N-methyl/N-ethyl adjacent to an activating group) is 1. The number of anilines is 1. The van der Waals surface area contributed by atoms with Crippen molar-refractivity contribution in [2.75, 3.05) is 32.8 Å². The van der Waals surface area contributed by atoms with Crippen LogP contribution in [0, 0.1) is 13.8 Å². The summed E-state index contributed by atoms with van der Waals surface area (Å²) in [7, 11) is 3.56. The molecule has 2 aliphatic rings. The van der Waals surface area contributed by atoms with E-state index >= 15 is 0 Å². The van der Waals surface area contributed by atoms with E-state index in [-0.39, 0.29) is 12.7 Å². The molecule has 6 nitrogen and oxygen atoms in total.